The molecule has 6 nitrogen and oxygen atoms in total. The average Bonchev–Trinajstić information content (AvgIpc) is 2.64. The van der Waals surface area contributed by atoms with Crippen molar-refractivity contribution in [3.63, 3.8) is 0 Å². The monoisotopic (exact) mass is 243 g/mol. The van der Waals surface area contributed by atoms with E-state index in [2.05, 4.69) is 4.74 Å². The van der Waals surface area contributed by atoms with Crippen LogP contribution in [0, 0.1) is 10.1 Å². The number of nitro groups is 1. The number of cyclic esters (lactones) is 2. The minimum atomic E-state index is -0.763. The van der Waals surface area contributed by atoms with Crippen molar-refractivity contribution >= 4 is 28.4 Å². The summed E-state index contributed by atoms with van der Waals surface area (Å²) in [5.41, 5.74) is 0.109. The van der Waals surface area contributed by atoms with Gasteiger partial charge in [-0.2, -0.15) is 0 Å². The molecule has 6 heteroatoms. The number of ether oxygens (including phenoxy) is 1. The molecule has 3 rings (SSSR count). The number of fused-ring (bicyclic) bond motifs is 3. The van der Waals surface area contributed by atoms with Gasteiger partial charge in [0.25, 0.3) is 5.69 Å². The number of carbonyl (C=O) groups excluding carboxylic acids is 2. The van der Waals surface area contributed by atoms with Crippen LogP contribution < -0.4 is 0 Å². The number of rotatable bonds is 1. The lowest BCUT2D eigenvalue weighted by Crippen LogP contribution is -1.97. The van der Waals surface area contributed by atoms with E-state index in [0.717, 1.165) is 0 Å². The van der Waals surface area contributed by atoms with Crippen LogP contribution in [0.1, 0.15) is 20.7 Å². The minimum absolute atomic E-state index is 0.0983. The first-order valence-electron chi connectivity index (χ1n) is 5.05. The lowest BCUT2D eigenvalue weighted by molar-refractivity contribution is -0.384. The van der Waals surface area contributed by atoms with Gasteiger partial charge in [-0.15, -0.1) is 0 Å². The molecule has 0 atom stereocenters. The van der Waals surface area contributed by atoms with Crippen molar-refractivity contribution in [3.05, 3.63) is 51.6 Å². The zero-order valence-corrected chi connectivity index (χ0v) is 8.88. The Morgan fingerprint density at radius 3 is 2.50 bits per heavy atom. The molecule has 0 saturated carbocycles. The third-order valence-electron chi connectivity index (χ3n) is 2.83. The van der Waals surface area contributed by atoms with Gasteiger partial charge in [0.15, 0.2) is 0 Å². The highest BCUT2D eigenvalue weighted by Crippen LogP contribution is 2.30. The molecule has 1 aliphatic rings. The Labute approximate surface area is 99.9 Å². The first-order chi connectivity index (χ1) is 8.58. The van der Waals surface area contributed by atoms with E-state index in [-0.39, 0.29) is 16.8 Å². The number of nitro benzene ring substituents is 1. The van der Waals surface area contributed by atoms with E-state index in [0.29, 0.717) is 10.8 Å². The van der Waals surface area contributed by atoms with Crippen LogP contribution in [0.2, 0.25) is 0 Å². The van der Waals surface area contributed by atoms with Gasteiger partial charge in [0.05, 0.1) is 16.1 Å². The summed E-state index contributed by atoms with van der Waals surface area (Å²) in [6.07, 6.45) is 0. The lowest BCUT2D eigenvalue weighted by atomic mass is 10.00. The molecule has 0 aromatic heterocycles. The molecule has 0 N–H and O–H groups in total. The van der Waals surface area contributed by atoms with Crippen molar-refractivity contribution in [2.24, 2.45) is 0 Å². The fourth-order valence-electron chi connectivity index (χ4n) is 2.00. The second kappa shape index (κ2) is 3.36. The Balaban J connectivity index is 2.40. The number of esters is 2. The second-order valence-corrected chi connectivity index (χ2v) is 3.83. The average molecular weight is 243 g/mol. The van der Waals surface area contributed by atoms with Crippen LogP contribution in [0.25, 0.3) is 10.8 Å². The number of carbonyl (C=O) groups is 2. The molecule has 0 bridgehead atoms. The largest absolute Gasteiger partial charge is 0.386 e. The highest BCUT2D eigenvalue weighted by atomic mass is 16.6. The van der Waals surface area contributed by atoms with Crippen molar-refractivity contribution in [2.45, 2.75) is 0 Å². The van der Waals surface area contributed by atoms with Gasteiger partial charge in [-0.25, -0.2) is 9.59 Å². The molecule has 1 heterocycles. The third kappa shape index (κ3) is 1.29. The number of non-ortho nitro benzene ring substituents is 1. The van der Waals surface area contributed by atoms with Gasteiger partial charge in [0.1, 0.15) is 0 Å². The van der Waals surface area contributed by atoms with Gasteiger partial charge in [-0.3, -0.25) is 10.1 Å². The summed E-state index contributed by atoms with van der Waals surface area (Å²) in [4.78, 5) is 33.1. The molecule has 2 aromatic carbocycles. The Morgan fingerprint density at radius 1 is 1.06 bits per heavy atom. The standard InChI is InChI=1S/C12H5NO5/c14-11-8-4-2-6-1-3-7(13(16)17)5-9(6)10(8)12(15)18-11/h1-5H. The fraction of sp³-hybridized carbons (Fsp3) is 0. The zero-order chi connectivity index (χ0) is 12.9. The van der Waals surface area contributed by atoms with E-state index >= 15 is 0 Å². The van der Waals surface area contributed by atoms with E-state index in [1.165, 1.54) is 24.3 Å². The van der Waals surface area contributed by atoms with E-state index in [1.54, 1.807) is 6.07 Å². The molecular weight excluding hydrogens is 238 g/mol. The predicted molar refractivity (Wildman–Crippen MR) is 60.3 cm³/mol. The smallest absolute Gasteiger partial charge is 0.347 e. The van der Waals surface area contributed by atoms with Crippen LogP contribution in [0.15, 0.2) is 30.3 Å². The summed E-state index contributed by atoms with van der Waals surface area (Å²) in [6, 6.07) is 7.25. The molecule has 0 aliphatic carbocycles. The molecule has 1 aliphatic heterocycles. The summed E-state index contributed by atoms with van der Waals surface area (Å²) in [7, 11) is 0. The summed E-state index contributed by atoms with van der Waals surface area (Å²) in [6.45, 7) is 0. The Hall–Kier alpha value is -2.76. The highest BCUT2D eigenvalue weighted by molar-refractivity contribution is 6.21. The van der Waals surface area contributed by atoms with Crippen LogP contribution in [0.3, 0.4) is 0 Å². The van der Waals surface area contributed by atoms with E-state index in [9.17, 15) is 19.7 Å². The summed E-state index contributed by atoms with van der Waals surface area (Å²) < 4.78 is 4.49. The maximum atomic E-state index is 11.6. The Bertz CT molecular complexity index is 735. The summed E-state index contributed by atoms with van der Waals surface area (Å²) in [5, 5.41) is 11.7. The quantitative estimate of drug-likeness (QED) is 0.331. The number of hydrogen-bond acceptors (Lipinski definition) is 5. The van der Waals surface area contributed by atoms with Gasteiger partial charge < -0.3 is 4.74 Å². The van der Waals surface area contributed by atoms with Crippen LogP contribution in [0.4, 0.5) is 5.69 Å². The van der Waals surface area contributed by atoms with E-state index in [4.69, 9.17) is 0 Å². The molecule has 88 valence electrons. The van der Waals surface area contributed by atoms with Crippen molar-refractivity contribution in [1.29, 1.82) is 0 Å². The van der Waals surface area contributed by atoms with Gasteiger partial charge in [-0.05, 0) is 17.5 Å². The van der Waals surface area contributed by atoms with Crippen LogP contribution in [-0.4, -0.2) is 16.9 Å². The van der Waals surface area contributed by atoms with Crippen molar-refractivity contribution in [3.8, 4) is 0 Å². The van der Waals surface area contributed by atoms with Gasteiger partial charge in [0.2, 0.25) is 0 Å². The number of hydrogen-bond donors (Lipinski definition) is 0. The SMILES string of the molecule is O=C1OC(=O)c2c1ccc1ccc([N+](=O)[O-])cc21. The molecule has 2 aromatic rings. The fourth-order valence-corrected chi connectivity index (χ4v) is 2.00. The van der Waals surface area contributed by atoms with Crippen molar-refractivity contribution in [1.82, 2.24) is 0 Å². The molecule has 0 unspecified atom stereocenters. The van der Waals surface area contributed by atoms with Crippen LogP contribution in [-0.2, 0) is 4.74 Å². The van der Waals surface area contributed by atoms with Gasteiger partial charge in [0, 0.05) is 17.5 Å². The van der Waals surface area contributed by atoms with Gasteiger partial charge in [-0.1, -0.05) is 6.07 Å². The van der Waals surface area contributed by atoms with Crippen molar-refractivity contribution < 1.29 is 19.2 Å². The molecule has 0 amide bonds. The second-order valence-electron chi connectivity index (χ2n) is 3.83. The first-order valence-corrected chi connectivity index (χ1v) is 5.05. The molecular formula is C12H5NO5. The highest BCUT2D eigenvalue weighted by Gasteiger charge is 2.31. The Kier molecular flexibility index (Phi) is 1.94. The number of benzene rings is 2. The topological polar surface area (TPSA) is 86.5 Å². The van der Waals surface area contributed by atoms with Crippen LogP contribution in [0.5, 0.6) is 0 Å². The normalized spacial score (nSPS) is 13.6. The molecule has 0 saturated heterocycles. The van der Waals surface area contributed by atoms with E-state index in [1.807, 2.05) is 0 Å². The molecule has 0 spiro atoms. The van der Waals surface area contributed by atoms with Crippen LogP contribution >= 0.6 is 0 Å². The Morgan fingerprint density at radius 2 is 1.78 bits per heavy atom. The predicted octanol–water partition coefficient (Wildman–Crippen LogP) is 2.06. The van der Waals surface area contributed by atoms with E-state index < -0.39 is 16.9 Å². The molecule has 18 heavy (non-hydrogen) atoms. The molecule has 0 radical (unpaired) electrons. The maximum absolute atomic E-state index is 11.6. The van der Waals surface area contributed by atoms with Gasteiger partial charge >= 0.3 is 11.9 Å². The third-order valence-corrected chi connectivity index (χ3v) is 2.83. The zero-order valence-electron chi connectivity index (χ0n) is 8.88. The first kappa shape index (κ1) is 10.4. The lowest BCUT2D eigenvalue weighted by Gasteiger charge is -2.01. The molecule has 0 fully saturated rings. The summed E-state index contributed by atoms with van der Waals surface area (Å²) in [5.74, 6) is -1.48. The maximum Gasteiger partial charge on any atom is 0.347 e. The number of nitrogens with zero attached hydrogens (tertiary/aromatic N) is 1. The summed E-state index contributed by atoms with van der Waals surface area (Å²) >= 11 is 0. The minimum Gasteiger partial charge on any atom is -0.386 e. The van der Waals surface area contributed by atoms with Crippen molar-refractivity contribution in [2.75, 3.05) is 0 Å².